The zero-order valence-corrected chi connectivity index (χ0v) is 13.7. The van der Waals surface area contributed by atoms with Gasteiger partial charge >= 0.3 is 0 Å². The summed E-state index contributed by atoms with van der Waals surface area (Å²) in [6, 6.07) is 11.0. The third-order valence-electron chi connectivity index (χ3n) is 3.08. The molecule has 1 heterocycles. The first kappa shape index (κ1) is 16.4. The van der Waals surface area contributed by atoms with Crippen LogP contribution in [-0.4, -0.2) is 26.4 Å². The van der Waals surface area contributed by atoms with Crippen molar-refractivity contribution in [3.8, 4) is 5.69 Å². The fraction of sp³-hybridized carbons (Fsp3) is 0.0667. The highest BCUT2D eigenvalue weighted by atomic mass is 35.5. The van der Waals surface area contributed by atoms with E-state index >= 15 is 0 Å². The molecule has 6 nitrogen and oxygen atoms in total. The summed E-state index contributed by atoms with van der Waals surface area (Å²) < 4.78 is 14.5. The highest BCUT2D eigenvalue weighted by Crippen LogP contribution is 2.24. The normalized spacial score (nSPS) is 11.1. The van der Waals surface area contributed by atoms with E-state index in [9.17, 15) is 4.39 Å². The van der Waals surface area contributed by atoms with E-state index < -0.39 is 0 Å². The second-order valence-electron chi connectivity index (χ2n) is 4.74. The van der Waals surface area contributed by atoms with Gasteiger partial charge in [0.05, 0.1) is 21.4 Å². The van der Waals surface area contributed by atoms with Crippen molar-refractivity contribution in [2.75, 3.05) is 5.43 Å². The molecule has 0 bridgehead atoms. The van der Waals surface area contributed by atoms with E-state index in [0.29, 0.717) is 33.7 Å². The summed E-state index contributed by atoms with van der Waals surface area (Å²) in [6.45, 7) is 0. The summed E-state index contributed by atoms with van der Waals surface area (Å²) in [7, 11) is 0. The van der Waals surface area contributed by atoms with Crippen molar-refractivity contribution in [3.05, 3.63) is 64.2 Å². The second-order valence-corrected chi connectivity index (χ2v) is 5.55. The molecular weight excluding hydrogens is 354 g/mol. The minimum Gasteiger partial charge on any atom is -0.279 e. The fourth-order valence-corrected chi connectivity index (χ4v) is 2.23. The van der Waals surface area contributed by atoms with Gasteiger partial charge in [-0.2, -0.15) is 9.78 Å². The summed E-state index contributed by atoms with van der Waals surface area (Å²) in [5.74, 6) is 0.252. The molecule has 1 N–H and O–H groups in total. The molecule has 0 saturated carbocycles. The molecule has 122 valence electrons. The van der Waals surface area contributed by atoms with Gasteiger partial charge in [-0.1, -0.05) is 23.2 Å². The van der Waals surface area contributed by atoms with Gasteiger partial charge in [-0.05, 0) is 52.9 Å². The monoisotopic (exact) mass is 364 g/mol. The van der Waals surface area contributed by atoms with E-state index in [4.69, 9.17) is 23.2 Å². The summed E-state index contributed by atoms with van der Waals surface area (Å²) in [6.07, 6.45) is 2.01. The van der Waals surface area contributed by atoms with Gasteiger partial charge in [-0.25, -0.2) is 4.39 Å². The predicted octanol–water partition coefficient (Wildman–Crippen LogP) is 3.75. The maximum atomic E-state index is 13.0. The Bertz CT molecular complexity index is 863. The molecule has 0 aliphatic heterocycles. The van der Waals surface area contributed by atoms with Crippen molar-refractivity contribution in [2.24, 2.45) is 5.10 Å². The fourth-order valence-electron chi connectivity index (χ4n) is 1.93. The van der Waals surface area contributed by atoms with Crippen LogP contribution >= 0.6 is 23.2 Å². The van der Waals surface area contributed by atoms with Crippen molar-refractivity contribution in [2.45, 2.75) is 6.42 Å². The lowest BCUT2D eigenvalue weighted by Gasteiger charge is -2.03. The van der Waals surface area contributed by atoms with Crippen LogP contribution in [0, 0.1) is 5.82 Å². The number of tetrazole rings is 1. The van der Waals surface area contributed by atoms with E-state index in [1.165, 1.54) is 16.8 Å². The highest BCUT2D eigenvalue weighted by Gasteiger charge is 2.07. The Hall–Kier alpha value is -2.51. The standard InChI is InChI=1S/C15H11Cl2FN6/c16-13-6-3-11(9-14(13)17)20-19-8-7-15-21-22-23-24(15)12-4-1-10(18)2-5-12/h1-6,8-9,20H,7H2/b19-8+. The number of nitrogens with one attached hydrogen (secondary N) is 1. The smallest absolute Gasteiger partial charge is 0.162 e. The Morgan fingerprint density at radius 2 is 1.92 bits per heavy atom. The van der Waals surface area contributed by atoms with Crippen LogP contribution in [0.3, 0.4) is 0 Å². The first-order chi connectivity index (χ1) is 11.6. The highest BCUT2D eigenvalue weighted by molar-refractivity contribution is 6.42. The van der Waals surface area contributed by atoms with Crippen LogP contribution in [0.5, 0.6) is 0 Å². The summed E-state index contributed by atoms with van der Waals surface area (Å²) in [5.41, 5.74) is 4.22. The average Bonchev–Trinajstić information content (AvgIpc) is 3.04. The largest absolute Gasteiger partial charge is 0.279 e. The number of aromatic nitrogens is 4. The SMILES string of the molecule is Fc1ccc(-n2nnnc2C/C=N/Nc2ccc(Cl)c(Cl)c2)cc1. The van der Waals surface area contributed by atoms with Crippen molar-refractivity contribution in [3.63, 3.8) is 0 Å². The molecule has 0 amide bonds. The summed E-state index contributed by atoms with van der Waals surface area (Å²) >= 11 is 11.8. The Morgan fingerprint density at radius 1 is 1.12 bits per heavy atom. The van der Waals surface area contributed by atoms with Crippen molar-refractivity contribution in [1.29, 1.82) is 0 Å². The van der Waals surface area contributed by atoms with Crippen LogP contribution in [0.4, 0.5) is 10.1 Å². The van der Waals surface area contributed by atoms with E-state index in [1.807, 2.05) is 0 Å². The van der Waals surface area contributed by atoms with Gasteiger partial charge in [-0.3, -0.25) is 5.43 Å². The molecule has 3 aromatic rings. The molecule has 0 radical (unpaired) electrons. The number of halogens is 3. The summed E-state index contributed by atoms with van der Waals surface area (Å²) in [4.78, 5) is 0. The van der Waals surface area contributed by atoms with E-state index in [0.717, 1.165) is 0 Å². The minimum absolute atomic E-state index is 0.319. The Kier molecular flexibility index (Phi) is 5.02. The Labute approximate surface area is 146 Å². The molecule has 0 atom stereocenters. The molecule has 1 aromatic heterocycles. The number of anilines is 1. The topological polar surface area (TPSA) is 68.0 Å². The van der Waals surface area contributed by atoms with Gasteiger partial charge < -0.3 is 0 Å². The zero-order chi connectivity index (χ0) is 16.9. The number of rotatable bonds is 5. The van der Waals surface area contributed by atoms with E-state index in [-0.39, 0.29) is 5.82 Å². The molecule has 0 aliphatic rings. The van der Waals surface area contributed by atoms with Gasteiger partial charge in [0.2, 0.25) is 0 Å². The molecule has 9 heteroatoms. The van der Waals surface area contributed by atoms with Gasteiger partial charge in [0.1, 0.15) is 5.82 Å². The minimum atomic E-state index is -0.319. The molecule has 0 fully saturated rings. The lowest BCUT2D eigenvalue weighted by Crippen LogP contribution is -2.04. The predicted molar refractivity (Wildman–Crippen MR) is 91.4 cm³/mol. The lowest BCUT2D eigenvalue weighted by atomic mass is 10.3. The van der Waals surface area contributed by atoms with E-state index in [2.05, 4.69) is 26.1 Å². The molecule has 0 saturated heterocycles. The maximum absolute atomic E-state index is 13.0. The number of hydrazone groups is 1. The molecule has 3 rings (SSSR count). The van der Waals surface area contributed by atoms with Gasteiger partial charge in [0.25, 0.3) is 0 Å². The third-order valence-corrected chi connectivity index (χ3v) is 3.82. The van der Waals surface area contributed by atoms with Gasteiger partial charge in [0, 0.05) is 12.6 Å². The molecular formula is C15H11Cl2FN6. The van der Waals surface area contributed by atoms with Crippen LogP contribution in [-0.2, 0) is 6.42 Å². The number of benzene rings is 2. The van der Waals surface area contributed by atoms with Crippen molar-refractivity contribution in [1.82, 2.24) is 20.2 Å². The first-order valence-electron chi connectivity index (χ1n) is 6.89. The lowest BCUT2D eigenvalue weighted by molar-refractivity contribution is 0.626. The Balaban J connectivity index is 1.66. The summed E-state index contributed by atoms with van der Waals surface area (Å²) in [5, 5.41) is 16.5. The van der Waals surface area contributed by atoms with Gasteiger partial charge in [-0.15, -0.1) is 5.10 Å². The van der Waals surface area contributed by atoms with Crippen molar-refractivity contribution < 1.29 is 4.39 Å². The van der Waals surface area contributed by atoms with Crippen LogP contribution in [0.25, 0.3) is 5.69 Å². The van der Waals surface area contributed by atoms with Crippen molar-refractivity contribution >= 4 is 35.1 Å². The zero-order valence-electron chi connectivity index (χ0n) is 12.2. The van der Waals surface area contributed by atoms with E-state index in [1.54, 1.807) is 36.5 Å². The van der Waals surface area contributed by atoms with Crippen LogP contribution in [0.15, 0.2) is 47.6 Å². The Morgan fingerprint density at radius 3 is 2.67 bits per heavy atom. The first-order valence-corrected chi connectivity index (χ1v) is 7.65. The van der Waals surface area contributed by atoms with Gasteiger partial charge in [0.15, 0.2) is 5.82 Å². The molecule has 24 heavy (non-hydrogen) atoms. The quantitative estimate of drug-likeness (QED) is 0.552. The number of nitrogens with zero attached hydrogens (tertiary/aromatic N) is 5. The molecule has 0 spiro atoms. The molecule has 2 aromatic carbocycles. The number of hydrogen-bond acceptors (Lipinski definition) is 5. The van der Waals surface area contributed by atoms with Crippen LogP contribution in [0.1, 0.15) is 5.82 Å². The average molecular weight is 365 g/mol. The van der Waals surface area contributed by atoms with Crippen LogP contribution in [0.2, 0.25) is 10.0 Å². The molecule has 0 aliphatic carbocycles. The number of hydrogen-bond donors (Lipinski definition) is 1. The molecule has 0 unspecified atom stereocenters. The third kappa shape index (κ3) is 3.87. The second kappa shape index (κ2) is 7.37. The van der Waals surface area contributed by atoms with Crippen LogP contribution < -0.4 is 5.43 Å². The maximum Gasteiger partial charge on any atom is 0.162 e.